The second kappa shape index (κ2) is 7.22. The van der Waals surface area contributed by atoms with Gasteiger partial charge in [0.25, 0.3) is 0 Å². The molecule has 2 amide bonds. The molecule has 1 aliphatic heterocycles. The van der Waals surface area contributed by atoms with Crippen LogP contribution >= 0.6 is 0 Å². The van der Waals surface area contributed by atoms with Crippen LogP contribution in [-0.4, -0.2) is 35.8 Å². The van der Waals surface area contributed by atoms with Gasteiger partial charge in [-0.1, -0.05) is 32.6 Å². The van der Waals surface area contributed by atoms with E-state index in [-0.39, 0.29) is 29.1 Å². The van der Waals surface area contributed by atoms with E-state index >= 15 is 0 Å². The van der Waals surface area contributed by atoms with Crippen molar-refractivity contribution < 1.29 is 14.0 Å². The molecule has 1 aliphatic carbocycles. The standard InChI is InChI=1S/C21H27FN2O2/c1-4-19(25)23-18-13-24(12-17(18)14-5-6-14)20(26)11-21(2,3)15-7-9-16(22)10-8-15/h4,7-10,14,17-18H,1,5-6,11-13H2,2-3H3,(H,23,25)/t17-,18+/m0/s1. The number of nitrogens with zero attached hydrogens (tertiary/aromatic N) is 1. The summed E-state index contributed by atoms with van der Waals surface area (Å²) in [6, 6.07) is 6.35. The van der Waals surface area contributed by atoms with Crippen LogP contribution in [0.2, 0.25) is 0 Å². The molecule has 0 bridgehead atoms. The molecule has 0 unspecified atom stereocenters. The molecule has 140 valence electrons. The lowest BCUT2D eigenvalue weighted by Gasteiger charge is -2.27. The first-order valence-electron chi connectivity index (χ1n) is 9.27. The first-order valence-corrected chi connectivity index (χ1v) is 9.27. The van der Waals surface area contributed by atoms with E-state index in [0.29, 0.717) is 31.3 Å². The number of amides is 2. The summed E-state index contributed by atoms with van der Waals surface area (Å²) in [4.78, 5) is 26.5. The molecule has 1 saturated carbocycles. The molecule has 4 nitrogen and oxygen atoms in total. The van der Waals surface area contributed by atoms with Gasteiger partial charge in [-0.25, -0.2) is 4.39 Å². The molecule has 0 radical (unpaired) electrons. The summed E-state index contributed by atoms with van der Waals surface area (Å²) in [7, 11) is 0. The highest BCUT2D eigenvalue weighted by Crippen LogP contribution is 2.42. The third-order valence-electron chi connectivity index (χ3n) is 5.68. The van der Waals surface area contributed by atoms with E-state index in [9.17, 15) is 14.0 Å². The fraction of sp³-hybridized carbons (Fsp3) is 0.524. The minimum atomic E-state index is -0.373. The van der Waals surface area contributed by atoms with Crippen LogP contribution in [0.25, 0.3) is 0 Å². The van der Waals surface area contributed by atoms with Crippen LogP contribution in [0.5, 0.6) is 0 Å². The average molecular weight is 358 g/mol. The molecule has 2 atom stereocenters. The zero-order valence-electron chi connectivity index (χ0n) is 15.5. The second-order valence-electron chi connectivity index (χ2n) is 8.19. The molecule has 2 aliphatic rings. The van der Waals surface area contributed by atoms with E-state index in [1.807, 2.05) is 18.7 Å². The van der Waals surface area contributed by atoms with Gasteiger partial charge in [0.05, 0.1) is 6.04 Å². The summed E-state index contributed by atoms with van der Waals surface area (Å²) >= 11 is 0. The normalized spacial score (nSPS) is 23.0. The molecule has 3 rings (SSSR count). The van der Waals surface area contributed by atoms with Gasteiger partial charge in [-0.3, -0.25) is 9.59 Å². The summed E-state index contributed by atoms with van der Waals surface area (Å²) in [5.41, 5.74) is 0.573. The molecule has 1 aromatic rings. The van der Waals surface area contributed by atoms with Gasteiger partial charge in [0.2, 0.25) is 11.8 Å². The average Bonchev–Trinajstić information content (AvgIpc) is 3.35. The molecule has 1 saturated heterocycles. The van der Waals surface area contributed by atoms with Crippen molar-refractivity contribution in [1.29, 1.82) is 0 Å². The fourth-order valence-corrected chi connectivity index (χ4v) is 3.92. The number of carbonyl (C=O) groups is 2. The van der Waals surface area contributed by atoms with Crippen LogP contribution in [0.15, 0.2) is 36.9 Å². The molecule has 2 fully saturated rings. The van der Waals surface area contributed by atoms with E-state index in [1.165, 1.54) is 31.1 Å². The minimum absolute atomic E-state index is 0.00545. The monoisotopic (exact) mass is 358 g/mol. The lowest BCUT2D eigenvalue weighted by atomic mass is 9.81. The number of hydrogen-bond donors (Lipinski definition) is 1. The van der Waals surface area contributed by atoms with Gasteiger partial charge in [0.1, 0.15) is 5.82 Å². The van der Waals surface area contributed by atoms with Gasteiger partial charge >= 0.3 is 0 Å². The topological polar surface area (TPSA) is 49.4 Å². The van der Waals surface area contributed by atoms with Gasteiger partial charge in [-0.2, -0.15) is 0 Å². The van der Waals surface area contributed by atoms with E-state index in [4.69, 9.17) is 0 Å². The van der Waals surface area contributed by atoms with E-state index in [2.05, 4.69) is 11.9 Å². The van der Waals surface area contributed by atoms with Crippen LogP contribution in [0, 0.1) is 17.7 Å². The molecule has 1 aromatic carbocycles. The first-order chi connectivity index (χ1) is 12.3. The molecule has 26 heavy (non-hydrogen) atoms. The van der Waals surface area contributed by atoms with Gasteiger partial charge in [0, 0.05) is 25.4 Å². The minimum Gasteiger partial charge on any atom is -0.348 e. The van der Waals surface area contributed by atoms with Crippen molar-refractivity contribution >= 4 is 11.8 Å². The number of benzene rings is 1. The third-order valence-corrected chi connectivity index (χ3v) is 5.68. The van der Waals surface area contributed by atoms with Crippen LogP contribution < -0.4 is 5.32 Å². The van der Waals surface area contributed by atoms with Crippen molar-refractivity contribution in [2.45, 2.75) is 44.6 Å². The van der Waals surface area contributed by atoms with E-state index < -0.39 is 0 Å². The predicted octanol–water partition coefficient (Wildman–Crippen LogP) is 3.03. The van der Waals surface area contributed by atoms with Crippen molar-refractivity contribution in [1.82, 2.24) is 10.2 Å². The quantitative estimate of drug-likeness (QED) is 0.795. The van der Waals surface area contributed by atoms with Crippen molar-refractivity contribution in [3.8, 4) is 0 Å². The van der Waals surface area contributed by atoms with Gasteiger partial charge in [0.15, 0.2) is 0 Å². The number of likely N-dealkylation sites (tertiary alicyclic amines) is 1. The zero-order valence-corrected chi connectivity index (χ0v) is 15.5. The summed E-state index contributed by atoms with van der Waals surface area (Å²) in [5, 5.41) is 2.99. The van der Waals surface area contributed by atoms with Crippen LogP contribution in [0.4, 0.5) is 4.39 Å². The Morgan fingerprint density at radius 1 is 1.27 bits per heavy atom. The number of carbonyl (C=O) groups excluding carboxylic acids is 2. The van der Waals surface area contributed by atoms with Crippen molar-refractivity contribution in [3.63, 3.8) is 0 Å². The Hall–Kier alpha value is -2.17. The number of rotatable bonds is 6. The van der Waals surface area contributed by atoms with Crippen LogP contribution in [0.3, 0.4) is 0 Å². The number of nitrogens with one attached hydrogen (secondary N) is 1. The number of halogens is 1. The van der Waals surface area contributed by atoms with Crippen molar-refractivity contribution in [2.24, 2.45) is 11.8 Å². The summed E-state index contributed by atoms with van der Waals surface area (Å²) in [6.07, 6.45) is 3.99. The van der Waals surface area contributed by atoms with Crippen molar-refractivity contribution in [3.05, 3.63) is 48.3 Å². The van der Waals surface area contributed by atoms with Crippen molar-refractivity contribution in [2.75, 3.05) is 13.1 Å². The Labute approximate surface area is 154 Å². The summed E-state index contributed by atoms with van der Waals surface area (Å²) < 4.78 is 13.2. The highest BCUT2D eigenvalue weighted by atomic mass is 19.1. The lowest BCUT2D eigenvalue weighted by molar-refractivity contribution is -0.131. The highest BCUT2D eigenvalue weighted by Gasteiger charge is 2.44. The van der Waals surface area contributed by atoms with E-state index in [1.54, 1.807) is 12.1 Å². The van der Waals surface area contributed by atoms with E-state index in [0.717, 1.165) is 5.56 Å². The second-order valence-corrected chi connectivity index (χ2v) is 8.19. The lowest BCUT2D eigenvalue weighted by Crippen LogP contribution is -2.41. The van der Waals surface area contributed by atoms with Gasteiger partial charge in [-0.15, -0.1) is 0 Å². The smallest absolute Gasteiger partial charge is 0.243 e. The molecular weight excluding hydrogens is 331 g/mol. The molecule has 0 aromatic heterocycles. The zero-order chi connectivity index (χ0) is 18.9. The Morgan fingerprint density at radius 2 is 1.92 bits per heavy atom. The summed E-state index contributed by atoms with van der Waals surface area (Å²) in [6.45, 7) is 8.77. The Balaban J connectivity index is 1.66. The largest absolute Gasteiger partial charge is 0.348 e. The molecule has 1 heterocycles. The fourth-order valence-electron chi connectivity index (χ4n) is 3.92. The maximum atomic E-state index is 13.2. The predicted molar refractivity (Wildman–Crippen MR) is 99.0 cm³/mol. The maximum Gasteiger partial charge on any atom is 0.243 e. The Morgan fingerprint density at radius 3 is 2.50 bits per heavy atom. The third kappa shape index (κ3) is 4.14. The Bertz CT molecular complexity index is 694. The molecule has 5 heteroatoms. The first kappa shape index (κ1) is 18.6. The molecule has 1 N–H and O–H groups in total. The Kier molecular flexibility index (Phi) is 5.17. The summed E-state index contributed by atoms with van der Waals surface area (Å²) in [5.74, 6) is 0.565. The van der Waals surface area contributed by atoms with Crippen LogP contribution in [-0.2, 0) is 15.0 Å². The van der Waals surface area contributed by atoms with Gasteiger partial charge < -0.3 is 10.2 Å². The molecular formula is C21H27FN2O2. The maximum absolute atomic E-state index is 13.2. The number of hydrogen-bond acceptors (Lipinski definition) is 2. The SMILES string of the molecule is C=CC(=O)N[C@@H]1CN(C(=O)CC(C)(C)c2ccc(F)cc2)C[C@H]1C1CC1. The van der Waals surface area contributed by atoms with Crippen LogP contribution in [0.1, 0.15) is 38.7 Å². The molecule has 0 spiro atoms. The highest BCUT2D eigenvalue weighted by molar-refractivity contribution is 5.87. The van der Waals surface area contributed by atoms with Gasteiger partial charge in [-0.05, 0) is 47.9 Å².